The molecule has 0 aliphatic heterocycles. The Labute approximate surface area is 155 Å². The maximum atomic E-state index is 12.3. The second-order valence-electron chi connectivity index (χ2n) is 10.2. The van der Waals surface area contributed by atoms with Crippen molar-refractivity contribution in [2.24, 2.45) is 28.6 Å². The van der Waals surface area contributed by atoms with Gasteiger partial charge in [-0.15, -0.1) is 0 Å². The highest BCUT2D eigenvalue weighted by Crippen LogP contribution is 2.70. The Hall–Kier alpha value is -0.490. The van der Waals surface area contributed by atoms with Crippen LogP contribution in [0.25, 0.3) is 0 Å². The molecule has 148 valence electrons. The van der Waals surface area contributed by atoms with E-state index < -0.39 is 28.6 Å². The summed E-state index contributed by atoms with van der Waals surface area (Å²) < 4.78 is 0. The highest BCUT2D eigenvalue weighted by Gasteiger charge is 2.76. The average Bonchev–Trinajstić information content (AvgIpc) is 2.86. The van der Waals surface area contributed by atoms with Gasteiger partial charge < -0.3 is 20.4 Å². The molecule has 0 bridgehead atoms. The van der Waals surface area contributed by atoms with Crippen molar-refractivity contribution in [2.75, 3.05) is 0 Å². The minimum atomic E-state index is -1.44. The zero-order chi connectivity index (χ0) is 19.1. The van der Waals surface area contributed by atoms with Gasteiger partial charge in [0.25, 0.3) is 0 Å². The Kier molecular flexibility index (Phi) is 4.01. The fourth-order valence-electron chi connectivity index (χ4n) is 7.87. The van der Waals surface area contributed by atoms with E-state index in [0.29, 0.717) is 38.0 Å². The molecule has 0 spiro atoms. The first-order chi connectivity index (χ1) is 12.0. The maximum absolute atomic E-state index is 12.3. The van der Waals surface area contributed by atoms with Crippen LogP contribution in [0.15, 0.2) is 0 Å². The Morgan fingerprint density at radius 2 is 1.65 bits per heavy atom. The van der Waals surface area contributed by atoms with Gasteiger partial charge in [0.1, 0.15) is 11.4 Å². The smallest absolute Gasteiger partial charge is 0.133 e. The highest BCUT2D eigenvalue weighted by molar-refractivity contribution is 5.80. The Bertz CT molecular complexity index is 622. The molecular weight excluding hydrogens is 332 g/mol. The van der Waals surface area contributed by atoms with Gasteiger partial charge in [-0.25, -0.2) is 0 Å². The van der Waals surface area contributed by atoms with Crippen molar-refractivity contribution in [1.82, 2.24) is 0 Å². The van der Waals surface area contributed by atoms with E-state index in [-0.39, 0.29) is 23.2 Å². The second kappa shape index (κ2) is 5.53. The maximum Gasteiger partial charge on any atom is 0.133 e. The summed E-state index contributed by atoms with van der Waals surface area (Å²) in [6.45, 7) is 5.52. The third-order valence-electron chi connectivity index (χ3n) is 9.52. The van der Waals surface area contributed by atoms with E-state index in [1.807, 2.05) is 6.92 Å². The quantitative estimate of drug-likeness (QED) is 0.567. The minimum Gasteiger partial charge on any atom is -0.393 e. The number of aliphatic hydroxyl groups is 4. The molecule has 0 aromatic carbocycles. The number of carbonyl (C=O) groups is 1. The lowest BCUT2D eigenvalue weighted by Gasteiger charge is -2.68. The number of hydrogen-bond donors (Lipinski definition) is 4. The number of aliphatic hydroxyl groups excluding tert-OH is 2. The standard InChI is InChI=1S/C21H34O5/c1-12(22)15-6-9-21(26)19(15,3)17(24)11-16-18(2)7-5-14(23)10-13(18)4-8-20(16,21)25/h13-17,23-26H,4-11H2,1-3H3/t13?,14?,15-,16-,17?,18+,19+,20+,21+/m1/s1. The number of fused-ring (bicyclic) bond motifs is 5. The summed E-state index contributed by atoms with van der Waals surface area (Å²) in [7, 11) is 0. The van der Waals surface area contributed by atoms with Crippen molar-refractivity contribution >= 4 is 5.78 Å². The number of ketones is 1. The number of hydrogen-bond acceptors (Lipinski definition) is 5. The molecule has 9 atom stereocenters. The van der Waals surface area contributed by atoms with Gasteiger partial charge in [-0.2, -0.15) is 0 Å². The van der Waals surface area contributed by atoms with Crippen LogP contribution in [0.5, 0.6) is 0 Å². The van der Waals surface area contributed by atoms with E-state index in [9.17, 15) is 25.2 Å². The van der Waals surface area contributed by atoms with Gasteiger partial charge in [0.2, 0.25) is 0 Å². The molecule has 0 saturated heterocycles. The molecular formula is C21H34O5. The molecule has 4 N–H and O–H groups in total. The van der Waals surface area contributed by atoms with Crippen molar-refractivity contribution in [2.45, 2.75) is 95.5 Å². The van der Waals surface area contributed by atoms with Crippen molar-refractivity contribution in [3.05, 3.63) is 0 Å². The topological polar surface area (TPSA) is 98.0 Å². The van der Waals surface area contributed by atoms with Gasteiger partial charge in [-0.1, -0.05) is 13.8 Å². The lowest BCUT2D eigenvalue weighted by atomic mass is 9.40. The van der Waals surface area contributed by atoms with Crippen molar-refractivity contribution in [1.29, 1.82) is 0 Å². The third-order valence-corrected chi connectivity index (χ3v) is 9.52. The summed E-state index contributed by atoms with van der Waals surface area (Å²) >= 11 is 0. The SMILES string of the molecule is CC(=O)[C@H]1CC[C@@]2(O)[C@]3(O)CCC4CC(O)CC[C@]4(C)[C@H]3CC(O)[C@]12C. The predicted molar refractivity (Wildman–Crippen MR) is 96.2 cm³/mol. The van der Waals surface area contributed by atoms with Crippen molar-refractivity contribution in [3.8, 4) is 0 Å². The van der Waals surface area contributed by atoms with E-state index in [1.54, 1.807) is 0 Å². The number of carbonyl (C=O) groups excluding carboxylic acids is 1. The van der Waals surface area contributed by atoms with E-state index in [4.69, 9.17) is 0 Å². The van der Waals surface area contributed by atoms with Crippen LogP contribution in [0, 0.1) is 28.6 Å². The zero-order valence-electron chi connectivity index (χ0n) is 16.2. The van der Waals surface area contributed by atoms with Crippen LogP contribution in [0.2, 0.25) is 0 Å². The van der Waals surface area contributed by atoms with E-state index in [1.165, 1.54) is 6.92 Å². The number of Topliss-reactive ketones (excluding diaryl/α,β-unsaturated/α-hetero) is 1. The lowest BCUT2D eigenvalue weighted by molar-refractivity contribution is -0.319. The second-order valence-corrected chi connectivity index (χ2v) is 10.2. The third kappa shape index (κ3) is 1.98. The molecule has 4 rings (SSSR count). The summed E-state index contributed by atoms with van der Waals surface area (Å²) in [5, 5.41) is 45.1. The van der Waals surface area contributed by atoms with Crippen LogP contribution in [0.3, 0.4) is 0 Å². The molecule has 4 fully saturated rings. The summed E-state index contributed by atoms with van der Waals surface area (Å²) in [5.41, 5.74) is -3.92. The summed E-state index contributed by atoms with van der Waals surface area (Å²) in [4.78, 5) is 12.3. The molecule has 0 radical (unpaired) electrons. The fourth-order valence-corrected chi connectivity index (χ4v) is 7.87. The van der Waals surface area contributed by atoms with Crippen molar-refractivity contribution in [3.63, 3.8) is 0 Å². The molecule has 4 aliphatic carbocycles. The molecule has 5 nitrogen and oxygen atoms in total. The largest absolute Gasteiger partial charge is 0.393 e. The first kappa shape index (κ1) is 18.9. The molecule has 0 amide bonds. The summed E-state index contributed by atoms with van der Waals surface area (Å²) in [6, 6.07) is 0. The van der Waals surface area contributed by atoms with Gasteiger partial charge in [0, 0.05) is 11.3 Å². The van der Waals surface area contributed by atoms with Crippen LogP contribution >= 0.6 is 0 Å². The van der Waals surface area contributed by atoms with Gasteiger partial charge >= 0.3 is 0 Å². The van der Waals surface area contributed by atoms with Crippen LogP contribution in [-0.4, -0.2) is 49.6 Å². The van der Waals surface area contributed by atoms with Gasteiger partial charge in [0.05, 0.1) is 17.8 Å². The van der Waals surface area contributed by atoms with Crippen LogP contribution < -0.4 is 0 Å². The Morgan fingerprint density at radius 3 is 2.31 bits per heavy atom. The fraction of sp³-hybridized carbons (Fsp3) is 0.952. The molecule has 0 heterocycles. The molecule has 0 aromatic rings. The van der Waals surface area contributed by atoms with E-state index in [2.05, 4.69) is 6.92 Å². The lowest BCUT2D eigenvalue weighted by Crippen LogP contribution is -2.76. The van der Waals surface area contributed by atoms with E-state index >= 15 is 0 Å². The molecule has 3 unspecified atom stereocenters. The summed E-state index contributed by atoms with van der Waals surface area (Å²) in [5.74, 6) is -0.321. The molecule has 0 aromatic heterocycles. The monoisotopic (exact) mass is 366 g/mol. The predicted octanol–water partition coefficient (Wildman–Crippen LogP) is 1.80. The van der Waals surface area contributed by atoms with Crippen LogP contribution in [0.4, 0.5) is 0 Å². The zero-order valence-corrected chi connectivity index (χ0v) is 16.2. The van der Waals surface area contributed by atoms with Gasteiger partial charge in [0.15, 0.2) is 0 Å². The minimum absolute atomic E-state index is 0.00906. The highest BCUT2D eigenvalue weighted by atomic mass is 16.4. The van der Waals surface area contributed by atoms with Gasteiger partial charge in [-0.3, -0.25) is 4.79 Å². The first-order valence-corrected chi connectivity index (χ1v) is 10.3. The molecule has 4 saturated carbocycles. The average molecular weight is 366 g/mol. The molecule has 26 heavy (non-hydrogen) atoms. The Morgan fingerprint density at radius 1 is 0.962 bits per heavy atom. The summed E-state index contributed by atoms with van der Waals surface area (Å²) in [6.07, 6.45) is 3.73. The van der Waals surface area contributed by atoms with Gasteiger partial charge in [-0.05, 0) is 75.5 Å². The first-order valence-electron chi connectivity index (χ1n) is 10.3. The normalized spacial score (nSPS) is 59.3. The van der Waals surface area contributed by atoms with Crippen molar-refractivity contribution < 1.29 is 25.2 Å². The number of rotatable bonds is 1. The van der Waals surface area contributed by atoms with E-state index in [0.717, 1.165) is 19.3 Å². The molecule has 4 aliphatic rings. The molecule has 5 heteroatoms. The van der Waals surface area contributed by atoms with Crippen LogP contribution in [-0.2, 0) is 4.79 Å². The Balaban J connectivity index is 1.79. The van der Waals surface area contributed by atoms with Crippen LogP contribution in [0.1, 0.15) is 72.1 Å².